The summed E-state index contributed by atoms with van der Waals surface area (Å²) in [6.45, 7) is 13.9. The van der Waals surface area contributed by atoms with Crippen molar-refractivity contribution in [3.05, 3.63) is 35.1 Å². The monoisotopic (exact) mass is 786 g/mol. The van der Waals surface area contributed by atoms with Crippen LogP contribution in [0.15, 0.2) is 18.2 Å². The molecule has 1 aromatic carbocycles. The Bertz CT molecular complexity index is 1780. The molecule has 7 aliphatic rings. The fourth-order valence-electron chi connectivity index (χ4n) is 10.4. The van der Waals surface area contributed by atoms with Crippen LogP contribution in [0.2, 0.25) is 0 Å². The van der Waals surface area contributed by atoms with Crippen molar-refractivity contribution in [3.8, 4) is 0 Å². The van der Waals surface area contributed by atoms with Crippen molar-refractivity contribution in [2.24, 2.45) is 17.3 Å². The number of nitrogens with zero attached hydrogens (tertiary/aromatic N) is 2. The molecule has 2 bridgehead atoms. The van der Waals surface area contributed by atoms with E-state index in [-0.39, 0.29) is 49.1 Å². The Kier molecular flexibility index (Phi) is 10.6. The van der Waals surface area contributed by atoms with Gasteiger partial charge in [0.05, 0.1) is 46.8 Å². The third-order valence-electron chi connectivity index (χ3n) is 14.1. The number of hydrogen-bond acceptors (Lipinski definition) is 8. The summed E-state index contributed by atoms with van der Waals surface area (Å²) in [6, 6.07) is 3.16. The largest absolute Gasteiger partial charge is 0.481 e. The lowest BCUT2D eigenvalue weighted by Gasteiger charge is -2.64. The van der Waals surface area contributed by atoms with Crippen molar-refractivity contribution in [2.75, 3.05) is 12.3 Å². The van der Waals surface area contributed by atoms with Crippen LogP contribution in [0.4, 0.5) is 14.0 Å². The number of benzene rings is 1. The van der Waals surface area contributed by atoms with Crippen LogP contribution in [0.3, 0.4) is 0 Å². The third-order valence-corrected chi connectivity index (χ3v) is 16.9. The molecule has 3 heterocycles. The number of sulfone groups is 1. The van der Waals surface area contributed by atoms with E-state index in [0.29, 0.717) is 42.2 Å². The van der Waals surface area contributed by atoms with E-state index < -0.39 is 69.0 Å². The molecule has 304 valence electrons. The number of fused-ring (bicyclic) bond motifs is 1. The van der Waals surface area contributed by atoms with Gasteiger partial charge in [-0.25, -0.2) is 22.4 Å². The highest BCUT2D eigenvalue weighted by Crippen LogP contribution is 2.65. The molecule has 12 nitrogen and oxygen atoms in total. The van der Waals surface area contributed by atoms with Gasteiger partial charge in [-0.2, -0.15) is 0 Å². The van der Waals surface area contributed by atoms with Crippen molar-refractivity contribution >= 4 is 35.0 Å². The van der Waals surface area contributed by atoms with Crippen LogP contribution in [0, 0.1) is 23.1 Å². The van der Waals surface area contributed by atoms with Gasteiger partial charge in [0.2, 0.25) is 5.91 Å². The minimum atomic E-state index is -3.61. The van der Waals surface area contributed by atoms with Crippen LogP contribution in [0.5, 0.6) is 0 Å². The molecule has 4 amide bonds. The van der Waals surface area contributed by atoms with Crippen molar-refractivity contribution in [2.45, 2.75) is 166 Å². The maximum atomic E-state index is 14.5. The van der Waals surface area contributed by atoms with Gasteiger partial charge in [-0.05, 0) is 88.7 Å². The van der Waals surface area contributed by atoms with E-state index in [1.54, 1.807) is 32.9 Å². The van der Waals surface area contributed by atoms with Crippen LogP contribution >= 0.6 is 0 Å². The normalized spacial score (nSPS) is 31.3. The quantitative estimate of drug-likeness (QED) is 0.295. The molecule has 2 N–H and O–H groups in total. The highest BCUT2D eigenvalue weighted by atomic mass is 32.2. The van der Waals surface area contributed by atoms with Crippen LogP contribution in [-0.4, -0.2) is 95.7 Å². The molecular formula is C40H60BFN4O8S. The molecule has 0 radical (unpaired) electrons. The zero-order chi connectivity index (χ0) is 39.7. The highest BCUT2D eigenvalue weighted by Gasteiger charge is 2.68. The molecular weight excluding hydrogens is 726 g/mol. The van der Waals surface area contributed by atoms with Gasteiger partial charge in [-0.3, -0.25) is 9.69 Å². The molecule has 6 fully saturated rings. The van der Waals surface area contributed by atoms with Gasteiger partial charge >= 0.3 is 19.2 Å². The van der Waals surface area contributed by atoms with Crippen molar-refractivity contribution < 1.29 is 41.2 Å². The maximum absolute atomic E-state index is 14.5. The summed E-state index contributed by atoms with van der Waals surface area (Å²) in [5.41, 5.74) is -0.153. The van der Waals surface area contributed by atoms with Crippen molar-refractivity contribution in [1.29, 1.82) is 0 Å². The molecule has 4 aliphatic carbocycles. The summed E-state index contributed by atoms with van der Waals surface area (Å²) in [4.78, 5) is 45.2. The van der Waals surface area contributed by atoms with Gasteiger partial charge < -0.3 is 29.6 Å². The molecule has 7 atom stereocenters. The van der Waals surface area contributed by atoms with Crippen LogP contribution in [0.25, 0.3) is 0 Å². The fraction of sp³-hybridized carbons (Fsp3) is 0.775. The second-order valence-corrected chi connectivity index (χ2v) is 21.8. The molecule has 15 heteroatoms. The number of nitrogens with one attached hydrogen (secondary N) is 2. The average molecular weight is 787 g/mol. The molecule has 55 heavy (non-hydrogen) atoms. The summed E-state index contributed by atoms with van der Waals surface area (Å²) in [5.74, 6) is -0.569. The van der Waals surface area contributed by atoms with Gasteiger partial charge in [0.15, 0.2) is 9.84 Å². The molecule has 1 aromatic rings. The Morgan fingerprint density at radius 1 is 1.07 bits per heavy atom. The van der Waals surface area contributed by atoms with Gasteiger partial charge in [0.25, 0.3) is 0 Å². The Hall–Kier alpha value is -2.91. The van der Waals surface area contributed by atoms with Crippen LogP contribution in [-0.2, 0) is 41.8 Å². The lowest BCUT2D eigenvalue weighted by atomic mass is 9.43. The minimum absolute atomic E-state index is 0.0386. The van der Waals surface area contributed by atoms with Crippen LogP contribution < -0.4 is 10.6 Å². The number of amides is 4. The Balaban J connectivity index is 1.10. The topological polar surface area (TPSA) is 144 Å². The van der Waals surface area contributed by atoms with E-state index >= 15 is 0 Å². The number of carbonyl (C=O) groups is 3. The number of hydrogen-bond donors (Lipinski definition) is 2. The van der Waals surface area contributed by atoms with E-state index in [1.165, 1.54) is 15.9 Å². The average Bonchev–Trinajstić information content (AvgIpc) is 3.83. The number of carbonyl (C=O) groups excluding carboxylic acids is 3. The van der Waals surface area contributed by atoms with E-state index in [2.05, 4.69) is 31.4 Å². The summed E-state index contributed by atoms with van der Waals surface area (Å²) in [5, 5.41) is 6.29. The maximum Gasteiger partial charge on any atom is 0.481 e. The SMILES string of the molecule is CCC[C@H](NC(=O)[C@@H]1C[C@@H](OC(=O)N2Cc3cccc(F)c3C2)CN1C(=O)NC1(CS(=O)(=O)C(C)(C)C)CCCCC1)B1O[C@@H]2C[C@H]3C[C@H](C3(C)C)[C@]2(C)O1. The number of ether oxygens (including phenoxy) is 1. The Labute approximate surface area is 326 Å². The fourth-order valence-corrected chi connectivity index (χ4v) is 12.0. The first kappa shape index (κ1) is 40.3. The smallest absolute Gasteiger partial charge is 0.444 e. The standard InChI is InChI=1S/C40H60BFN4O8S/c1-8-13-33(41-53-32-19-26-18-31(38(26,5)6)39(32,7)54-41)43-34(47)30-20-27(52-36(49)45-21-25-14-12-15-29(42)28(25)23-45)22-46(30)35(48)44-40(16-10-9-11-17-40)24-55(50,51)37(2,3)4/h12,14-15,26-27,30-33H,8-11,13,16-24H2,1-7H3,(H,43,47)(H,44,48)/t26-,27-,30+,31-,32-,33+,39+/m1/s1. The number of likely N-dealkylation sites (tertiary alicyclic amines) is 1. The third kappa shape index (κ3) is 7.39. The number of halogens is 1. The van der Waals surface area contributed by atoms with Crippen LogP contribution in [0.1, 0.15) is 124 Å². The Morgan fingerprint density at radius 3 is 2.45 bits per heavy atom. The lowest BCUT2D eigenvalue weighted by Crippen LogP contribution is -2.65. The molecule has 0 spiro atoms. The molecule has 0 unspecified atom stereocenters. The minimum Gasteiger partial charge on any atom is -0.444 e. The summed E-state index contributed by atoms with van der Waals surface area (Å²) in [6.07, 6.45) is 5.31. The highest BCUT2D eigenvalue weighted by molar-refractivity contribution is 7.92. The molecule has 2 saturated heterocycles. The lowest BCUT2D eigenvalue weighted by molar-refractivity contribution is -0.199. The van der Waals surface area contributed by atoms with Gasteiger partial charge in [-0.1, -0.05) is 58.6 Å². The summed E-state index contributed by atoms with van der Waals surface area (Å²) < 4.78 is 59.9. The summed E-state index contributed by atoms with van der Waals surface area (Å²) in [7, 11) is -4.27. The van der Waals surface area contributed by atoms with Crippen molar-refractivity contribution in [3.63, 3.8) is 0 Å². The molecule has 3 aliphatic heterocycles. The number of urea groups is 1. The van der Waals surface area contributed by atoms with E-state index in [1.807, 2.05) is 6.92 Å². The second-order valence-electron chi connectivity index (χ2n) is 19.0. The van der Waals surface area contributed by atoms with E-state index in [0.717, 1.165) is 38.5 Å². The van der Waals surface area contributed by atoms with E-state index in [9.17, 15) is 27.2 Å². The van der Waals surface area contributed by atoms with Crippen molar-refractivity contribution in [1.82, 2.24) is 20.4 Å². The first-order chi connectivity index (χ1) is 25.8. The molecule has 4 saturated carbocycles. The molecule has 8 rings (SSSR count). The van der Waals surface area contributed by atoms with Gasteiger partial charge in [-0.15, -0.1) is 0 Å². The van der Waals surface area contributed by atoms with Gasteiger partial charge in [0.1, 0.15) is 18.0 Å². The Morgan fingerprint density at radius 2 is 1.80 bits per heavy atom. The van der Waals surface area contributed by atoms with Gasteiger partial charge in [0, 0.05) is 18.5 Å². The first-order valence-corrected chi connectivity index (χ1v) is 22.1. The summed E-state index contributed by atoms with van der Waals surface area (Å²) >= 11 is 0. The first-order valence-electron chi connectivity index (χ1n) is 20.4. The number of rotatable bonds is 9. The van der Waals surface area contributed by atoms with E-state index in [4.69, 9.17) is 14.0 Å². The second kappa shape index (κ2) is 14.5. The molecule has 0 aromatic heterocycles. The predicted molar refractivity (Wildman–Crippen MR) is 206 cm³/mol. The predicted octanol–water partition coefficient (Wildman–Crippen LogP) is 5.90. The zero-order valence-electron chi connectivity index (χ0n) is 33.6. The zero-order valence-corrected chi connectivity index (χ0v) is 34.4.